The van der Waals surface area contributed by atoms with Crippen molar-refractivity contribution in [3.63, 3.8) is 0 Å². The van der Waals surface area contributed by atoms with Gasteiger partial charge in [-0.15, -0.1) is 0 Å². The molecule has 0 amide bonds. The Balaban J connectivity index is 1.92. The maximum absolute atomic E-state index is 4.34. The van der Waals surface area contributed by atoms with Gasteiger partial charge in [0.15, 0.2) is 0 Å². The Hall–Kier alpha value is -0.570. The number of hydrogen-bond donors (Lipinski definition) is 1. The van der Waals surface area contributed by atoms with Gasteiger partial charge in [0.05, 0.1) is 0 Å². The number of aromatic nitrogens is 1. The van der Waals surface area contributed by atoms with Gasteiger partial charge in [0, 0.05) is 6.54 Å². The van der Waals surface area contributed by atoms with Gasteiger partial charge in [-0.05, 0) is 52.7 Å². The zero-order valence-corrected chi connectivity index (χ0v) is 9.97. The molecule has 0 bridgehead atoms. The van der Waals surface area contributed by atoms with Crippen molar-refractivity contribution in [2.45, 2.75) is 26.2 Å². The zero-order chi connectivity index (χ0) is 10.0. The van der Waals surface area contributed by atoms with E-state index in [9.17, 15) is 0 Å². The van der Waals surface area contributed by atoms with Crippen LogP contribution in [-0.4, -0.2) is 11.5 Å². The third-order valence-corrected chi connectivity index (χ3v) is 3.51. The molecule has 2 rings (SSSR count). The molecule has 0 saturated heterocycles. The SMILES string of the molecule is CCC1(CNc2cccc(Br)n2)CC1. The first kappa shape index (κ1) is 9.97. The smallest absolute Gasteiger partial charge is 0.127 e. The summed E-state index contributed by atoms with van der Waals surface area (Å²) in [6, 6.07) is 5.96. The third-order valence-electron chi connectivity index (χ3n) is 3.07. The number of rotatable bonds is 4. The van der Waals surface area contributed by atoms with E-state index in [1.807, 2.05) is 18.2 Å². The van der Waals surface area contributed by atoms with Crippen LogP contribution in [0.1, 0.15) is 26.2 Å². The molecule has 3 heteroatoms. The number of hydrogen-bond acceptors (Lipinski definition) is 2. The van der Waals surface area contributed by atoms with E-state index in [1.165, 1.54) is 19.3 Å². The maximum atomic E-state index is 4.34. The Morgan fingerprint density at radius 2 is 2.29 bits per heavy atom. The number of pyridine rings is 1. The van der Waals surface area contributed by atoms with Crippen molar-refractivity contribution in [1.82, 2.24) is 4.98 Å². The summed E-state index contributed by atoms with van der Waals surface area (Å²) in [4.78, 5) is 4.34. The second-order valence-electron chi connectivity index (χ2n) is 4.05. The lowest BCUT2D eigenvalue weighted by Crippen LogP contribution is -2.14. The Bertz CT molecular complexity index is 321. The molecule has 2 nitrogen and oxygen atoms in total. The van der Waals surface area contributed by atoms with Crippen LogP contribution in [0.25, 0.3) is 0 Å². The molecule has 1 fully saturated rings. The predicted octanol–water partition coefficient (Wildman–Crippen LogP) is 3.45. The van der Waals surface area contributed by atoms with Crippen molar-refractivity contribution in [1.29, 1.82) is 0 Å². The van der Waals surface area contributed by atoms with Gasteiger partial charge >= 0.3 is 0 Å². The summed E-state index contributed by atoms with van der Waals surface area (Å²) in [5.41, 5.74) is 0.573. The Labute approximate surface area is 93.3 Å². The average molecular weight is 255 g/mol. The van der Waals surface area contributed by atoms with Crippen molar-refractivity contribution in [3.8, 4) is 0 Å². The van der Waals surface area contributed by atoms with Crippen LogP contribution in [0.15, 0.2) is 22.8 Å². The van der Waals surface area contributed by atoms with E-state index in [0.717, 1.165) is 17.0 Å². The van der Waals surface area contributed by atoms with Gasteiger partial charge in [-0.3, -0.25) is 0 Å². The van der Waals surface area contributed by atoms with Gasteiger partial charge in [-0.1, -0.05) is 13.0 Å². The standard InChI is InChI=1S/C11H15BrN2/c1-2-11(6-7-11)8-13-10-5-3-4-9(12)14-10/h3-5H,2,6-8H2,1H3,(H,13,14). The minimum Gasteiger partial charge on any atom is -0.369 e. The van der Waals surface area contributed by atoms with Crippen LogP contribution >= 0.6 is 15.9 Å². The summed E-state index contributed by atoms with van der Waals surface area (Å²) in [6.45, 7) is 3.33. The molecule has 76 valence electrons. The van der Waals surface area contributed by atoms with Crippen LogP contribution in [0.5, 0.6) is 0 Å². The van der Waals surface area contributed by atoms with E-state index in [1.54, 1.807) is 0 Å². The highest BCUT2D eigenvalue weighted by Gasteiger charge is 2.40. The molecule has 1 saturated carbocycles. The van der Waals surface area contributed by atoms with Gasteiger partial charge < -0.3 is 5.32 Å². The molecule has 1 heterocycles. The summed E-state index contributed by atoms with van der Waals surface area (Å²) in [5.74, 6) is 0.971. The van der Waals surface area contributed by atoms with E-state index in [4.69, 9.17) is 0 Å². The number of anilines is 1. The second-order valence-corrected chi connectivity index (χ2v) is 4.87. The third kappa shape index (κ3) is 2.27. The van der Waals surface area contributed by atoms with Crippen LogP contribution < -0.4 is 5.32 Å². The molecule has 0 radical (unpaired) electrons. The minimum atomic E-state index is 0.573. The van der Waals surface area contributed by atoms with Crippen molar-refractivity contribution >= 4 is 21.7 Å². The summed E-state index contributed by atoms with van der Waals surface area (Å²) < 4.78 is 0.892. The highest BCUT2D eigenvalue weighted by Crippen LogP contribution is 2.48. The number of nitrogens with zero attached hydrogens (tertiary/aromatic N) is 1. The molecule has 1 aliphatic carbocycles. The Morgan fingerprint density at radius 1 is 1.50 bits per heavy atom. The summed E-state index contributed by atoms with van der Waals surface area (Å²) in [5, 5.41) is 3.40. The van der Waals surface area contributed by atoms with E-state index >= 15 is 0 Å². The largest absolute Gasteiger partial charge is 0.369 e. The van der Waals surface area contributed by atoms with Crippen LogP contribution in [0.3, 0.4) is 0 Å². The van der Waals surface area contributed by atoms with E-state index in [0.29, 0.717) is 5.41 Å². The van der Waals surface area contributed by atoms with Crippen LogP contribution in [0, 0.1) is 5.41 Å². The van der Waals surface area contributed by atoms with Crippen molar-refractivity contribution < 1.29 is 0 Å². The van der Waals surface area contributed by atoms with Gasteiger partial charge in [-0.25, -0.2) is 4.98 Å². The van der Waals surface area contributed by atoms with Gasteiger partial charge in [0.2, 0.25) is 0 Å². The fourth-order valence-electron chi connectivity index (χ4n) is 1.62. The van der Waals surface area contributed by atoms with Crippen molar-refractivity contribution in [2.24, 2.45) is 5.41 Å². The molecule has 1 aromatic rings. The van der Waals surface area contributed by atoms with E-state index < -0.39 is 0 Å². The van der Waals surface area contributed by atoms with Crippen LogP contribution in [0.4, 0.5) is 5.82 Å². The van der Waals surface area contributed by atoms with Crippen LogP contribution in [-0.2, 0) is 0 Å². The maximum Gasteiger partial charge on any atom is 0.127 e. The lowest BCUT2D eigenvalue weighted by atomic mass is 10.0. The lowest BCUT2D eigenvalue weighted by molar-refractivity contribution is 0.520. The normalized spacial score (nSPS) is 17.9. The quantitative estimate of drug-likeness (QED) is 0.833. The Kier molecular flexibility index (Phi) is 2.77. The summed E-state index contributed by atoms with van der Waals surface area (Å²) in [7, 11) is 0. The Morgan fingerprint density at radius 3 is 2.86 bits per heavy atom. The molecular weight excluding hydrogens is 240 g/mol. The average Bonchev–Trinajstić information content (AvgIpc) is 2.96. The molecule has 0 unspecified atom stereocenters. The highest BCUT2D eigenvalue weighted by atomic mass is 79.9. The van der Waals surface area contributed by atoms with E-state index in [-0.39, 0.29) is 0 Å². The topological polar surface area (TPSA) is 24.9 Å². The summed E-state index contributed by atoms with van der Waals surface area (Å²) >= 11 is 3.36. The van der Waals surface area contributed by atoms with E-state index in [2.05, 4.69) is 33.2 Å². The van der Waals surface area contributed by atoms with Gasteiger partial charge in [0.1, 0.15) is 10.4 Å². The molecule has 0 aliphatic heterocycles. The second kappa shape index (κ2) is 3.89. The van der Waals surface area contributed by atoms with Crippen LogP contribution in [0.2, 0.25) is 0 Å². The molecule has 0 atom stereocenters. The monoisotopic (exact) mass is 254 g/mol. The van der Waals surface area contributed by atoms with Crippen molar-refractivity contribution in [2.75, 3.05) is 11.9 Å². The first-order chi connectivity index (χ1) is 6.74. The molecule has 1 aromatic heterocycles. The van der Waals surface area contributed by atoms with Gasteiger partial charge in [0.25, 0.3) is 0 Å². The molecular formula is C11H15BrN2. The molecule has 0 aromatic carbocycles. The zero-order valence-electron chi connectivity index (χ0n) is 8.39. The summed E-state index contributed by atoms with van der Waals surface area (Å²) in [6.07, 6.45) is 4.00. The molecule has 14 heavy (non-hydrogen) atoms. The highest BCUT2D eigenvalue weighted by molar-refractivity contribution is 9.10. The fourth-order valence-corrected chi connectivity index (χ4v) is 1.96. The minimum absolute atomic E-state index is 0.573. The fraction of sp³-hybridized carbons (Fsp3) is 0.545. The molecule has 1 N–H and O–H groups in total. The first-order valence-corrected chi connectivity index (χ1v) is 5.90. The molecule has 1 aliphatic rings. The van der Waals surface area contributed by atoms with Gasteiger partial charge in [-0.2, -0.15) is 0 Å². The first-order valence-electron chi connectivity index (χ1n) is 5.11. The van der Waals surface area contributed by atoms with Crippen molar-refractivity contribution in [3.05, 3.63) is 22.8 Å². The number of halogens is 1. The predicted molar refractivity (Wildman–Crippen MR) is 62.4 cm³/mol. The lowest BCUT2D eigenvalue weighted by Gasteiger charge is -2.13. The number of nitrogens with one attached hydrogen (secondary N) is 1. The molecule has 0 spiro atoms.